The number of hydrogen-bond donors (Lipinski definition) is 3. The first-order valence-electron chi connectivity index (χ1n) is 7.37. The number of rotatable bonds is 4. The van der Waals surface area contributed by atoms with Gasteiger partial charge in [0, 0.05) is 36.7 Å². The summed E-state index contributed by atoms with van der Waals surface area (Å²) in [5.41, 5.74) is -0.204. The van der Waals surface area contributed by atoms with Crippen molar-refractivity contribution in [3.8, 4) is 0 Å². The number of benzene rings is 1. The minimum atomic E-state index is -0.599. The number of halogens is 1. The molecule has 1 aliphatic rings. The Labute approximate surface area is 129 Å². The van der Waals surface area contributed by atoms with Gasteiger partial charge in [-0.15, -0.1) is 0 Å². The summed E-state index contributed by atoms with van der Waals surface area (Å²) < 4.78 is 13.8. The predicted molar refractivity (Wildman–Crippen MR) is 83.2 cm³/mol. The third kappa shape index (κ3) is 4.04. The molecule has 0 unspecified atom stereocenters. The summed E-state index contributed by atoms with van der Waals surface area (Å²) in [4.78, 5) is 24.0. The van der Waals surface area contributed by atoms with E-state index in [1.807, 2.05) is 0 Å². The first-order chi connectivity index (χ1) is 10.3. The molecule has 0 radical (unpaired) electrons. The molecule has 0 atom stereocenters. The van der Waals surface area contributed by atoms with Gasteiger partial charge in [0.25, 0.3) is 5.91 Å². The summed E-state index contributed by atoms with van der Waals surface area (Å²) in [5, 5.41) is 8.52. The van der Waals surface area contributed by atoms with Crippen molar-refractivity contribution in [3.63, 3.8) is 0 Å². The van der Waals surface area contributed by atoms with Gasteiger partial charge in [-0.2, -0.15) is 0 Å². The Bertz CT molecular complexity index is 577. The van der Waals surface area contributed by atoms with E-state index in [0.717, 1.165) is 13.1 Å². The Balaban J connectivity index is 2.05. The molecule has 1 aromatic rings. The average Bonchev–Trinajstić information content (AvgIpc) is 2.37. The van der Waals surface area contributed by atoms with E-state index in [4.69, 9.17) is 0 Å². The molecule has 0 spiro atoms. The minimum absolute atomic E-state index is 0.0565. The fourth-order valence-electron chi connectivity index (χ4n) is 1.92. The average molecular weight is 307 g/mol. The fraction of sp³-hybridized carbons (Fsp3) is 0.500. The summed E-state index contributed by atoms with van der Waals surface area (Å²) in [6.45, 7) is 7.60. The summed E-state index contributed by atoms with van der Waals surface area (Å²) >= 11 is 0. The molecule has 0 saturated carbocycles. The van der Waals surface area contributed by atoms with E-state index in [1.165, 1.54) is 18.2 Å². The monoisotopic (exact) mass is 307 g/mol. The molecule has 1 fully saturated rings. The van der Waals surface area contributed by atoms with Gasteiger partial charge in [0.05, 0.1) is 5.56 Å². The number of hydrogen-bond acceptors (Lipinski definition) is 3. The van der Waals surface area contributed by atoms with E-state index in [2.05, 4.69) is 16.0 Å². The van der Waals surface area contributed by atoms with Crippen molar-refractivity contribution >= 4 is 17.5 Å². The van der Waals surface area contributed by atoms with Crippen LogP contribution >= 0.6 is 0 Å². The quantitative estimate of drug-likeness (QED) is 0.794. The highest BCUT2D eigenvalue weighted by Crippen LogP contribution is 2.19. The number of carbonyl (C=O) groups is 2. The van der Waals surface area contributed by atoms with Gasteiger partial charge < -0.3 is 16.0 Å². The Kier molecular flexibility index (Phi) is 4.81. The lowest BCUT2D eigenvalue weighted by atomic mass is 9.95. The fourth-order valence-corrected chi connectivity index (χ4v) is 1.92. The van der Waals surface area contributed by atoms with Gasteiger partial charge in [0.2, 0.25) is 5.91 Å². The molecule has 3 N–H and O–H groups in total. The number of amides is 2. The predicted octanol–water partition coefficient (Wildman–Crippen LogP) is 1.76. The van der Waals surface area contributed by atoms with Crippen LogP contribution in [0, 0.1) is 17.2 Å². The van der Waals surface area contributed by atoms with E-state index in [1.54, 1.807) is 20.8 Å². The van der Waals surface area contributed by atoms with Crippen LogP contribution in [0.1, 0.15) is 31.1 Å². The maximum atomic E-state index is 13.8. The summed E-state index contributed by atoms with van der Waals surface area (Å²) in [5.74, 6) is -0.851. The normalized spacial score (nSPS) is 15.1. The molecular weight excluding hydrogens is 285 g/mol. The van der Waals surface area contributed by atoms with Gasteiger partial charge >= 0.3 is 0 Å². The van der Waals surface area contributed by atoms with Crippen LogP contribution in [0.5, 0.6) is 0 Å². The van der Waals surface area contributed by atoms with Crippen LogP contribution in [0.15, 0.2) is 18.2 Å². The van der Waals surface area contributed by atoms with Crippen molar-refractivity contribution in [2.24, 2.45) is 11.3 Å². The van der Waals surface area contributed by atoms with E-state index < -0.39 is 17.1 Å². The molecule has 6 heteroatoms. The van der Waals surface area contributed by atoms with Gasteiger partial charge in [-0.05, 0) is 18.2 Å². The van der Waals surface area contributed by atoms with Crippen molar-refractivity contribution in [3.05, 3.63) is 29.6 Å². The molecule has 1 aliphatic heterocycles. The lowest BCUT2D eigenvalue weighted by molar-refractivity contribution is -0.123. The summed E-state index contributed by atoms with van der Waals surface area (Å²) in [6.07, 6.45) is 0. The zero-order valence-corrected chi connectivity index (χ0v) is 13.1. The largest absolute Gasteiger partial charge is 0.352 e. The molecular formula is C16H22FN3O2. The highest BCUT2D eigenvalue weighted by Gasteiger charge is 2.22. The second kappa shape index (κ2) is 6.44. The molecule has 2 amide bonds. The first kappa shape index (κ1) is 16.4. The van der Waals surface area contributed by atoms with E-state index in [9.17, 15) is 14.0 Å². The lowest BCUT2D eigenvalue weighted by Crippen LogP contribution is -2.48. The maximum absolute atomic E-state index is 13.8. The molecule has 1 heterocycles. The van der Waals surface area contributed by atoms with Crippen LogP contribution in [0.3, 0.4) is 0 Å². The maximum Gasteiger partial charge on any atom is 0.254 e. The van der Waals surface area contributed by atoms with Crippen LogP contribution in [0.25, 0.3) is 0 Å². The van der Waals surface area contributed by atoms with Gasteiger partial charge in [0.1, 0.15) is 5.82 Å². The lowest BCUT2D eigenvalue weighted by Gasteiger charge is -2.27. The van der Waals surface area contributed by atoms with Crippen molar-refractivity contribution in [2.75, 3.05) is 25.0 Å². The second-order valence-corrected chi connectivity index (χ2v) is 6.63. The zero-order valence-electron chi connectivity index (χ0n) is 13.1. The smallest absolute Gasteiger partial charge is 0.254 e. The third-order valence-corrected chi connectivity index (χ3v) is 3.57. The Morgan fingerprint density at radius 2 is 2.00 bits per heavy atom. The van der Waals surface area contributed by atoms with E-state index in [0.29, 0.717) is 18.2 Å². The van der Waals surface area contributed by atoms with E-state index in [-0.39, 0.29) is 11.5 Å². The van der Waals surface area contributed by atoms with Crippen molar-refractivity contribution < 1.29 is 14.0 Å². The van der Waals surface area contributed by atoms with Crippen LogP contribution < -0.4 is 16.0 Å². The topological polar surface area (TPSA) is 70.2 Å². The first-order valence-corrected chi connectivity index (χ1v) is 7.37. The summed E-state index contributed by atoms with van der Waals surface area (Å²) in [6, 6.07) is 4.01. The third-order valence-electron chi connectivity index (χ3n) is 3.57. The SMILES string of the molecule is CC(C)(C)C(=O)Nc1ccc(F)c(C(=O)NCC2CNC2)c1. The van der Waals surface area contributed by atoms with Gasteiger partial charge in [-0.3, -0.25) is 9.59 Å². The highest BCUT2D eigenvalue weighted by atomic mass is 19.1. The molecule has 1 aromatic carbocycles. The number of nitrogens with one attached hydrogen (secondary N) is 3. The summed E-state index contributed by atoms with van der Waals surface area (Å²) in [7, 11) is 0. The van der Waals surface area contributed by atoms with Gasteiger partial charge in [-0.25, -0.2) is 4.39 Å². The van der Waals surface area contributed by atoms with Crippen molar-refractivity contribution in [1.82, 2.24) is 10.6 Å². The molecule has 120 valence electrons. The van der Waals surface area contributed by atoms with Crippen LogP contribution in [-0.2, 0) is 4.79 Å². The Morgan fingerprint density at radius 1 is 1.32 bits per heavy atom. The number of anilines is 1. The molecule has 22 heavy (non-hydrogen) atoms. The second-order valence-electron chi connectivity index (χ2n) is 6.63. The van der Waals surface area contributed by atoms with Crippen LogP contribution in [0.2, 0.25) is 0 Å². The van der Waals surface area contributed by atoms with Gasteiger partial charge in [-0.1, -0.05) is 20.8 Å². The van der Waals surface area contributed by atoms with E-state index >= 15 is 0 Å². The number of carbonyl (C=O) groups excluding carboxylic acids is 2. The van der Waals surface area contributed by atoms with Crippen LogP contribution in [0.4, 0.5) is 10.1 Å². The van der Waals surface area contributed by atoms with Crippen molar-refractivity contribution in [2.45, 2.75) is 20.8 Å². The molecule has 2 rings (SSSR count). The molecule has 0 aromatic heterocycles. The Morgan fingerprint density at radius 3 is 2.55 bits per heavy atom. The molecule has 1 saturated heterocycles. The Hall–Kier alpha value is -1.95. The van der Waals surface area contributed by atoms with Crippen molar-refractivity contribution in [1.29, 1.82) is 0 Å². The standard InChI is InChI=1S/C16H22FN3O2/c1-16(2,3)15(22)20-11-4-5-13(17)12(6-11)14(21)19-9-10-7-18-8-10/h4-6,10,18H,7-9H2,1-3H3,(H,19,21)(H,20,22). The highest BCUT2D eigenvalue weighted by molar-refractivity contribution is 5.98. The van der Waals surface area contributed by atoms with Gasteiger partial charge in [0.15, 0.2) is 0 Å². The molecule has 0 bridgehead atoms. The zero-order chi connectivity index (χ0) is 16.3. The molecule has 0 aliphatic carbocycles. The van der Waals surface area contributed by atoms with Crippen LogP contribution in [-0.4, -0.2) is 31.4 Å². The minimum Gasteiger partial charge on any atom is -0.352 e. The molecule has 5 nitrogen and oxygen atoms in total.